The van der Waals surface area contributed by atoms with Crippen LogP contribution in [0.3, 0.4) is 0 Å². The number of amides is 1. The molecule has 1 fully saturated rings. The fraction of sp³-hybridized carbons (Fsp3) is 0.444. The fourth-order valence-corrected chi connectivity index (χ4v) is 2.39. The van der Waals surface area contributed by atoms with Gasteiger partial charge in [-0.1, -0.05) is 6.07 Å². The maximum absolute atomic E-state index is 14.1. The summed E-state index contributed by atoms with van der Waals surface area (Å²) in [6.45, 7) is 6.13. The molecule has 1 saturated heterocycles. The van der Waals surface area contributed by atoms with Gasteiger partial charge in [-0.25, -0.2) is 9.18 Å². The van der Waals surface area contributed by atoms with Crippen molar-refractivity contribution in [1.29, 1.82) is 10.5 Å². The predicted octanol–water partition coefficient (Wildman–Crippen LogP) is 3.03. The topological polar surface area (TPSA) is 111 Å². The highest BCUT2D eigenvalue weighted by Gasteiger charge is 2.31. The van der Waals surface area contributed by atoms with E-state index in [-0.39, 0.29) is 17.5 Å². The summed E-state index contributed by atoms with van der Waals surface area (Å²) in [5.74, 6) is -0.474. The summed E-state index contributed by atoms with van der Waals surface area (Å²) in [5, 5.41) is 21.0. The van der Waals surface area contributed by atoms with Crippen molar-refractivity contribution in [2.75, 3.05) is 18.5 Å². The van der Waals surface area contributed by atoms with Gasteiger partial charge >= 0.3 is 6.09 Å². The first kappa shape index (κ1) is 20.0. The zero-order chi connectivity index (χ0) is 20.0. The van der Waals surface area contributed by atoms with Crippen LogP contribution in [0.4, 0.5) is 14.9 Å². The van der Waals surface area contributed by atoms with Gasteiger partial charge in [0, 0.05) is 13.0 Å². The van der Waals surface area contributed by atoms with Crippen molar-refractivity contribution in [3.05, 3.63) is 24.0 Å². The summed E-state index contributed by atoms with van der Waals surface area (Å²) in [5.41, 5.74) is 1.24. The van der Waals surface area contributed by atoms with Crippen molar-refractivity contribution in [1.82, 2.24) is 4.90 Å². The normalized spacial score (nSPS) is 16.1. The first-order valence-electron chi connectivity index (χ1n) is 8.30. The number of nitrogens with one attached hydrogen (secondary N) is 1. The highest BCUT2D eigenvalue weighted by Crippen LogP contribution is 2.30. The summed E-state index contributed by atoms with van der Waals surface area (Å²) >= 11 is 0. The number of benzene rings is 1. The van der Waals surface area contributed by atoms with Crippen LogP contribution in [0.1, 0.15) is 27.2 Å². The Kier molecular flexibility index (Phi) is 6.19. The van der Waals surface area contributed by atoms with Gasteiger partial charge in [0.2, 0.25) is 5.71 Å². The zero-order valence-electron chi connectivity index (χ0n) is 15.3. The zero-order valence-corrected chi connectivity index (χ0v) is 15.3. The van der Waals surface area contributed by atoms with Gasteiger partial charge in [-0.15, -0.1) is 0 Å². The van der Waals surface area contributed by atoms with Crippen molar-refractivity contribution in [3.8, 4) is 17.9 Å². The summed E-state index contributed by atoms with van der Waals surface area (Å²) in [6, 6.07) is 7.36. The van der Waals surface area contributed by atoms with Crippen LogP contribution in [0, 0.1) is 28.5 Å². The van der Waals surface area contributed by atoms with E-state index in [2.05, 4.69) is 10.5 Å². The molecule has 0 aliphatic carbocycles. The molecule has 142 valence electrons. The van der Waals surface area contributed by atoms with Crippen molar-refractivity contribution >= 4 is 17.5 Å². The Labute approximate surface area is 156 Å². The number of nitrogens with zero attached hydrogens (tertiary/aromatic N) is 4. The minimum Gasteiger partial charge on any atom is -0.486 e. The molecule has 8 nitrogen and oxygen atoms in total. The maximum atomic E-state index is 14.1. The van der Waals surface area contributed by atoms with Crippen LogP contribution in [0.2, 0.25) is 0 Å². The molecule has 1 unspecified atom stereocenters. The highest BCUT2D eigenvalue weighted by molar-refractivity contribution is 6.10. The number of rotatable bonds is 4. The second kappa shape index (κ2) is 8.37. The largest absolute Gasteiger partial charge is 0.486 e. The molecule has 9 heteroatoms. The molecular weight excluding hydrogens is 353 g/mol. The molecule has 0 bridgehead atoms. The number of anilines is 1. The number of hydrogen-bond donors (Lipinski definition) is 1. The molecule has 27 heavy (non-hydrogen) atoms. The number of ether oxygens (including phenoxy) is 2. The number of para-hydroxylation sites is 1. The molecule has 1 atom stereocenters. The third kappa shape index (κ3) is 5.58. The highest BCUT2D eigenvalue weighted by atomic mass is 19.1. The molecule has 1 aliphatic heterocycles. The van der Waals surface area contributed by atoms with Gasteiger partial charge in [-0.3, -0.25) is 5.43 Å². The summed E-state index contributed by atoms with van der Waals surface area (Å²) in [4.78, 5) is 13.7. The lowest BCUT2D eigenvalue weighted by atomic mass is 10.2. The number of hydrazone groups is 1. The fourth-order valence-electron chi connectivity index (χ4n) is 2.39. The van der Waals surface area contributed by atoms with E-state index >= 15 is 0 Å². The first-order chi connectivity index (χ1) is 12.7. The van der Waals surface area contributed by atoms with Crippen LogP contribution in [0.25, 0.3) is 0 Å². The lowest BCUT2D eigenvalue weighted by molar-refractivity contribution is 0.0276. The average Bonchev–Trinajstić information content (AvgIpc) is 3.05. The second-order valence-electron chi connectivity index (χ2n) is 6.86. The smallest absolute Gasteiger partial charge is 0.410 e. The van der Waals surface area contributed by atoms with E-state index < -0.39 is 23.2 Å². The van der Waals surface area contributed by atoms with E-state index in [4.69, 9.17) is 20.0 Å². The molecule has 1 heterocycles. The molecule has 0 spiro atoms. The molecule has 1 amide bonds. The number of carbonyl (C=O) groups excluding carboxylic acids is 1. The van der Waals surface area contributed by atoms with E-state index in [1.54, 1.807) is 32.9 Å². The lowest BCUT2D eigenvalue weighted by Gasteiger charge is -2.24. The third-order valence-corrected chi connectivity index (χ3v) is 3.56. The van der Waals surface area contributed by atoms with Gasteiger partial charge in [0.1, 0.15) is 35.3 Å². The van der Waals surface area contributed by atoms with Crippen LogP contribution in [-0.4, -0.2) is 41.5 Å². The molecule has 1 aromatic rings. The van der Waals surface area contributed by atoms with Gasteiger partial charge in [-0.05, 0) is 32.9 Å². The standard InChI is InChI=1S/C18H20FN5O3/c1-18(2,3)27-17(25)24-8-7-13(11-24)26-15-6-4-5-14(19)16(15)23-22-12(9-20)10-21/h4-6,13,23H,7-8,11H2,1-3H3. The molecule has 0 aromatic heterocycles. The summed E-state index contributed by atoms with van der Waals surface area (Å²) < 4.78 is 25.3. The van der Waals surface area contributed by atoms with Crippen LogP contribution in [-0.2, 0) is 4.74 Å². The van der Waals surface area contributed by atoms with Gasteiger partial charge in [-0.2, -0.15) is 15.6 Å². The minimum atomic E-state index is -0.645. The quantitative estimate of drug-likeness (QED) is 0.641. The van der Waals surface area contributed by atoms with E-state index in [0.717, 1.165) is 0 Å². The Bertz CT molecular complexity index is 804. The Morgan fingerprint density at radius 3 is 2.70 bits per heavy atom. The van der Waals surface area contributed by atoms with Crippen molar-refractivity contribution < 1.29 is 18.7 Å². The third-order valence-electron chi connectivity index (χ3n) is 3.56. The first-order valence-corrected chi connectivity index (χ1v) is 8.30. The predicted molar refractivity (Wildman–Crippen MR) is 95.5 cm³/mol. The number of carbonyl (C=O) groups is 1. The second-order valence-corrected chi connectivity index (χ2v) is 6.86. The number of hydrogen-bond acceptors (Lipinski definition) is 7. The van der Waals surface area contributed by atoms with Crippen LogP contribution < -0.4 is 10.2 Å². The Balaban J connectivity index is 2.07. The summed E-state index contributed by atoms with van der Waals surface area (Å²) in [7, 11) is 0. The van der Waals surface area contributed by atoms with Gasteiger partial charge < -0.3 is 14.4 Å². The SMILES string of the molecule is CC(C)(C)OC(=O)N1CCC(Oc2cccc(F)c2NN=C(C#N)C#N)C1. The Hall–Kier alpha value is -3.33. The molecule has 1 aliphatic rings. The minimum absolute atomic E-state index is 0.0868. The molecule has 1 aromatic carbocycles. The van der Waals surface area contributed by atoms with Crippen LogP contribution in [0.5, 0.6) is 5.75 Å². The molecular formula is C18H20FN5O3. The van der Waals surface area contributed by atoms with E-state index in [0.29, 0.717) is 19.5 Å². The number of nitriles is 2. The molecule has 2 rings (SSSR count). The van der Waals surface area contributed by atoms with Crippen molar-refractivity contribution in [2.45, 2.75) is 38.9 Å². The summed E-state index contributed by atoms with van der Waals surface area (Å²) in [6.07, 6.45) is -0.223. The number of likely N-dealkylation sites (tertiary alicyclic amines) is 1. The maximum Gasteiger partial charge on any atom is 0.410 e. The van der Waals surface area contributed by atoms with Crippen LogP contribution >= 0.6 is 0 Å². The Morgan fingerprint density at radius 1 is 1.37 bits per heavy atom. The van der Waals surface area contributed by atoms with Crippen LogP contribution in [0.15, 0.2) is 23.3 Å². The van der Waals surface area contributed by atoms with Gasteiger partial charge in [0.15, 0.2) is 5.82 Å². The number of halogens is 1. The van der Waals surface area contributed by atoms with Gasteiger partial charge in [0.05, 0.1) is 6.54 Å². The average molecular weight is 373 g/mol. The van der Waals surface area contributed by atoms with E-state index in [1.165, 1.54) is 23.1 Å². The molecule has 0 saturated carbocycles. The van der Waals surface area contributed by atoms with E-state index in [1.807, 2.05) is 0 Å². The van der Waals surface area contributed by atoms with E-state index in [9.17, 15) is 9.18 Å². The molecule has 0 radical (unpaired) electrons. The Morgan fingerprint density at radius 2 is 2.07 bits per heavy atom. The van der Waals surface area contributed by atoms with Crippen molar-refractivity contribution in [3.63, 3.8) is 0 Å². The van der Waals surface area contributed by atoms with Gasteiger partial charge in [0.25, 0.3) is 0 Å². The molecule has 1 N–H and O–H groups in total. The monoisotopic (exact) mass is 373 g/mol. The lowest BCUT2D eigenvalue weighted by Crippen LogP contribution is -2.36. The van der Waals surface area contributed by atoms with Crippen molar-refractivity contribution in [2.24, 2.45) is 5.10 Å².